The fourth-order valence-electron chi connectivity index (χ4n) is 2.29. The highest BCUT2D eigenvalue weighted by molar-refractivity contribution is 6.30. The number of aromatic amines is 1. The van der Waals surface area contributed by atoms with Crippen LogP contribution in [0.2, 0.25) is 5.02 Å². The standard InChI is InChI=1S/C19H18ClN5O/c1-25(2)16-9-3-13(4-10-16)12-21-24-19(26)18-11-17(22-23-18)14-5-7-15(20)8-6-14/h3-12H,1-2H3,(H,22,23)(H,24,26). The molecule has 3 aromatic rings. The maximum atomic E-state index is 12.2. The van der Waals surface area contributed by atoms with Gasteiger partial charge in [0.1, 0.15) is 5.69 Å². The molecule has 26 heavy (non-hydrogen) atoms. The third-order valence-corrected chi connectivity index (χ3v) is 4.00. The Morgan fingerprint density at radius 3 is 2.50 bits per heavy atom. The Morgan fingerprint density at radius 2 is 1.85 bits per heavy atom. The van der Waals surface area contributed by atoms with E-state index in [4.69, 9.17) is 11.6 Å². The summed E-state index contributed by atoms with van der Waals surface area (Å²) < 4.78 is 0. The van der Waals surface area contributed by atoms with Gasteiger partial charge in [-0.15, -0.1) is 0 Å². The fourth-order valence-corrected chi connectivity index (χ4v) is 2.42. The van der Waals surface area contributed by atoms with Gasteiger partial charge in [0.25, 0.3) is 5.91 Å². The molecule has 1 heterocycles. The first-order valence-electron chi connectivity index (χ1n) is 7.95. The lowest BCUT2D eigenvalue weighted by Crippen LogP contribution is -2.18. The Kier molecular flexibility index (Phi) is 5.34. The predicted molar refractivity (Wildman–Crippen MR) is 105 cm³/mol. The Morgan fingerprint density at radius 1 is 1.15 bits per heavy atom. The monoisotopic (exact) mass is 367 g/mol. The van der Waals surface area contributed by atoms with Gasteiger partial charge in [-0.2, -0.15) is 10.2 Å². The third-order valence-electron chi connectivity index (χ3n) is 3.75. The van der Waals surface area contributed by atoms with Crippen LogP contribution in [0.3, 0.4) is 0 Å². The van der Waals surface area contributed by atoms with E-state index >= 15 is 0 Å². The van der Waals surface area contributed by atoms with Gasteiger partial charge in [0.2, 0.25) is 0 Å². The zero-order valence-electron chi connectivity index (χ0n) is 14.4. The number of hydrogen-bond donors (Lipinski definition) is 2. The first-order chi connectivity index (χ1) is 12.5. The normalized spacial score (nSPS) is 10.9. The minimum absolute atomic E-state index is 0.329. The summed E-state index contributed by atoms with van der Waals surface area (Å²) in [6.45, 7) is 0. The second-order valence-electron chi connectivity index (χ2n) is 5.86. The largest absolute Gasteiger partial charge is 0.378 e. The highest BCUT2D eigenvalue weighted by atomic mass is 35.5. The molecular weight excluding hydrogens is 350 g/mol. The van der Waals surface area contributed by atoms with Crippen molar-refractivity contribution in [1.29, 1.82) is 0 Å². The van der Waals surface area contributed by atoms with Crippen molar-refractivity contribution in [3.05, 3.63) is 70.9 Å². The van der Waals surface area contributed by atoms with Gasteiger partial charge in [0, 0.05) is 30.4 Å². The number of rotatable bonds is 5. The molecular formula is C19H18ClN5O. The Bertz CT molecular complexity index is 914. The zero-order valence-corrected chi connectivity index (χ0v) is 15.2. The van der Waals surface area contributed by atoms with E-state index in [1.54, 1.807) is 24.4 Å². The molecule has 6 nitrogen and oxygen atoms in total. The maximum Gasteiger partial charge on any atom is 0.289 e. The fraction of sp³-hybridized carbons (Fsp3) is 0.105. The summed E-state index contributed by atoms with van der Waals surface area (Å²) >= 11 is 5.88. The van der Waals surface area contributed by atoms with E-state index < -0.39 is 0 Å². The average molecular weight is 368 g/mol. The molecule has 0 atom stereocenters. The van der Waals surface area contributed by atoms with Crippen LogP contribution in [0.15, 0.2) is 59.7 Å². The van der Waals surface area contributed by atoms with Gasteiger partial charge >= 0.3 is 0 Å². The number of aromatic nitrogens is 2. The van der Waals surface area contributed by atoms with Crippen LogP contribution in [0.5, 0.6) is 0 Å². The molecule has 7 heteroatoms. The van der Waals surface area contributed by atoms with Gasteiger partial charge < -0.3 is 4.90 Å². The molecule has 132 valence electrons. The van der Waals surface area contributed by atoms with E-state index in [2.05, 4.69) is 20.7 Å². The number of halogens is 1. The molecule has 0 aliphatic rings. The lowest BCUT2D eigenvalue weighted by molar-refractivity contribution is 0.0950. The number of hydrazone groups is 1. The second kappa shape index (κ2) is 7.84. The molecule has 0 aliphatic heterocycles. The molecule has 1 amide bonds. The number of nitrogens with zero attached hydrogens (tertiary/aromatic N) is 3. The van der Waals surface area contributed by atoms with Gasteiger partial charge in [-0.05, 0) is 35.9 Å². The number of benzene rings is 2. The van der Waals surface area contributed by atoms with Crippen LogP contribution in [0.4, 0.5) is 5.69 Å². The number of anilines is 1. The van der Waals surface area contributed by atoms with E-state index in [0.717, 1.165) is 16.8 Å². The van der Waals surface area contributed by atoms with Gasteiger partial charge in [-0.3, -0.25) is 9.89 Å². The summed E-state index contributed by atoms with van der Waals surface area (Å²) in [6, 6.07) is 16.7. The van der Waals surface area contributed by atoms with E-state index in [9.17, 15) is 4.79 Å². The molecule has 0 radical (unpaired) electrons. The van der Waals surface area contributed by atoms with Crippen LogP contribution in [0.1, 0.15) is 16.1 Å². The first-order valence-corrected chi connectivity index (χ1v) is 8.33. The summed E-state index contributed by atoms with van der Waals surface area (Å²) in [7, 11) is 3.96. The SMILES string of the molecule is CN(C)c1ccc(C=NNC(=O)c2cc(-c3ccc(Cl)cc3)n[nH]2)cc1. The Balaban J connectivity index is 1.62. The Hall–Kier alpha value is -3.12. The summed E-state index contributed by atoms with van der Waals surface area (Å²) in [5.41, 5.74) is 6.33. The molecule has 0 aliphatic carbocycles. The van der Waals surface area contributed by atoms with Gasteiger partial charge in [-0.25, -0.2) is 5.43 Å². The van der Waals surface area contributed by atoms with Crippen LogP contribution in [-0.2, 0) is 0 Å². The van der Waals surface area contributed by atoms with Crippen molar-refractivity contribution in [1.82, 2.24) is 15.6 Å². The number of amides is 1. The topological polar surface area (TPSA) is 73.4 Å². The van der Waals surface area contributed by atoms with Crippen LogP contribution in [0.25, 0.3) is 11.3 Å². The lowest BCUT2D eigenvalue weighted by atomic mass is 10.1. The summed E-state index contributed by atoms with van der Waals surface area (Å²) in [4.78, 5) is 14.2. The zero-order chi connectivity index (χ0) is 18.5. The van der Waals surface area contributed by atoms with E-state index in [0.29, 0.717) is 16.4 Å². The van der Waals surface area contributed by atoms with E-state index in [1.807, 2.05) is 55.4 Å². The third kappa shape index (κ3) is 4.29. The molecule has 0 saturated carbocycles. The summed E-state index contributed by atoms with van der Waals surface area (Å²) in [6.07, 6.45) is 1.59. The molecule has 1 aromatic heterocycles. The molecule has 2 aromatic carbocycles. The van der Waals surface area contributed by atoms with Crippen molar-refractivity contribution >= 4 is 29.4 Å². The molecule has 0 bridgehead atoms. The smallest absolute Gasteiger partial charge is 0.289 e. The van der Waals surface area contributed by atoms with Gasteiger partial charge in [-0.1, -0.05) is 35.9 Å². The molecule has 2 N–H and O–H groups in total. The minimum atomic E-state index is -0.362. The number of carbonyl (C=O) groups is 1. The van der Waals surface area contributed by atoms with Crippen LogP contribution in [0, 0.1) is 0 Å². The van der Waals surface area contributed by atoms with Crippen molar-refractivity contribution in [2.24, 2.45) is 5.10 Å². The highest BCUT2D eigenvalue weighted by Gasteiger charge is 2.10. The van der Waals surface area contributed by atoms with E-state index in [-0.39, 0.29) is 5.91 Å². The van der Waals surface area contributed by atoms with Crippen molar-refractivity contribution in [3.63, 3.8) is 0 Å². The van der Waals surface area contributed by atoms with Gasteiger partial charge in [0.05, 0.1) is 11.9 Å². The van der Waals surface area contributed by atoms with E-state index in [1.165, 1.54) is 0 Å². The van der Waals surface area contributed by atoms with Crippen LogP contribution in [-0.4, -0.2) is 36.4 Å². The first kappa shape index (κ1) is 17.7. The summed E-state index contributed by atoms with van der Waals surface area (Å²) in [5, 5.41) is 11.5. The molecule has 0 spiro atoms. The quantitative estimate of drug-likeness (QED) is 0.535. The van der Waals surface area contributed by atoms with Gasteiger partial charge in [0.15, 0.2) is 0 Å². The molecule has 0 saturated heterocycles. The second-order valence-corrected chi connectivity index (χ2v) is 6.30. The number of H-pyrrole nitrogens is 1. The van der Waals surface area contributed by atoms with Crippen molar-refractivity contribution in [3.8, 4) is 11.3 Å². The lowest BCUT2D eigenvalue weighted by Gasteiger charge is -2.11. The van der Waals surface area contributed by atoms with Crippen LogP contribution < -0.4 is 10.3 Å². The average Bonchev–Trinajstić information content (AvgIpc) is 3.13. The highest BCUT2D eigenvalue weighted by Crippen LogP contribution is 2.20. The predicted octanol–water partition coefficient (Wildman–Crippen LogP) is 3.56. The van der Waals surface area contributed by atoms with Crippen molar-refractivity contribution in [2.75, 3.05) is 19.0 Å². The number of hydrogen-bond acceptors (Lipinski definition) is 4. The molecule has 0 unspecified atom stereocenters. The molecule has 0 fully saturated rings. The number of nitrogens with one attached hydrogen (secondary N) is 2. The summed E-state index contributed by atoms with van der Waals surface area (Å²) in [5.74, 6) is -0.362. The van der Waals surface area contributed by atoms with Crippen molar-refractivity contribution in [2.45, 2.75) is 0 Å². The minimum Gasteiger partial charge on any atom is -0.378 e. The number of carbonyl (C=O) groups excluding carboxylic acids is 1. The maximum absolute atomic E-state index is 12.2. The van der Waals surface area contributed by atoms with Crippen LogP contribution >= 0.6 is 11.6 Å². The molecule has 3 rings (SSSR count). The van der Waals surface area contributed by atoms with Crippen molar-refractivity contribution < 1.29 is 4.79 Å². The Labute approximate surface area is 156 Å².